The summed E-state index contributed by atoms with van der Waals surface area (Å²) in [5, 5.41) is 3.85. The largest absolute Gasteiger partial charge is 0.331 e. The molecular formula is C32H27NO4S2. The third-order valence-corrected chi connectivity index (χ3v) is 7.71. The molecule has 7 heteroatoms. The summed E-state index contributed by atoms with van der Waals surface area (Å²) in [6.45, 7) is 3.29. The van der Waals surface area contributed by atoms with Gasteiger partial charge in [-0.25, -0.2) is 4.79 Å². The Hall–Kier alpha value is -3.94. The van der Waals surface area contributed by atoms with Crippen LogP contribution in [-0.2, 0) is 9.63 Å². The lowest BCUT2D eigenvalue weighted by molar-refractivity contribution is -0.140. The van der Waals surface area contributed by atoms with Gasteiger partial charge in [-0.1, -0.05) is 64.9 Å². The van der Waals surface area contributed by atoms with Crippen molar-refractivity contribution in [2.24, 2.45) is 5.16 Å². The van der Waals surface area contributed by atoms with E-state index in [0.29, 0.717) is 28.9 Å². The lowest BCUT2D eigenvalue weighted by Gasteiger charge is -2.08. The van der Waals surface area contributed by atoms with Crippen LogP contribution in [0.25, 0.3) is 0 Å². The smallest absolute Gasteiger partial charge is 0.318 e. The highest BCUT2D eigenvalue weighted by molar-refractivity contribution is 7.99. The minimum atomic E-state index is -0.574. The quantitative estimate of drug-likeness (QED) is 0.0624. The van der Waals surface area contributed by atoms with Gasteiger partial charge in [-0.2, -0.15) is 0 Å². The van der Waals surface area contributed by atoms with Gasteiger partial charge in [0.1, 0.15) is 5.71 Å². The Bertz CT molecular complexity index is 1460. The van der Waals surface area contributed by atoms with Crippen molar-refractivity contribution in [1.82, 2.24) is 0 Å². The number of hydrogen-bond acceptors (Lipinski definition) is 7. The van der Waals surface area contributed by atoms with Gasteiger partial charge in [0, 0.05) is 50.5 Å². The first-order chi connectivity index (χ1) is 18.9. The molecule has 0 atom stereocenters. The average molecular weight is 554 g/mol. The SMILES string of the molecule is CC(=O)ON=C(CCSc1ccc(C)cc1)C(=O)c1ccc(Sc2ccc(C(=O)c3ccccc3)cc2)cc1. The van der Waals surface area contributed by atoms with E-state index in [1.165, 1.54) is 24.2 Å². The lowest BCUT2D eigenvalue weighted by atomic mass is 10.0. The number of Topliss-reactive ketones (excluding diaryl/α,β-unsaturated/α-hetero) is 1. The molecule has 39 heavy (non-hydrogen) atoms. The van der Waals surface area contributed by atoms with E-state index in [-0.39, 0.29) is 17.3 Å². The molecule has 0 fully saturated rings. The number of hydrogen-bond donors (Lipinski definition) is 0. The number of oxime groups is 1. The normalized spacial score (nSPS) is 11.2. The molecule has 4 aromatic rings. The summed E-state index contributed by atoms with van der Waals surface area (Å²) < 4.78 is 0. The second-order valence-corrected chi connectivity index (χ2v) is 11.0. The van der Waals surface area contributed by atoms with E-state index >= 15 is 0 Å². The van der Waals surface area contributed by atoms with Crippen molar-refractivity contribution in [2.75, 3.05) is 5.75 Å². The molecule has 0 aliphatic rings. The molecule has 0 aromatic heterocycles. The fraction of sp³-hybridized carbons (Fsp3) is 0.125. The topological polar surface area (TPSA) is 72.8 Å². The summed E-state index contributed by atoms with van der Waals surface area (Å²) in [6, 6.07) is 32.0. The predicted molar refractivity (Wildman–Crippen MR) is 157 cm³/mol. The molecule has 0 unspecified atom stereocenters. The molecule has 0 bridgehead atoms. The van der Waals surface area contributed by atoms with Crippen molar-refractivity contribution in [3.8, 4) is 0 Å². The van der Waals surface area contributed by atoms with Gasteiger partial charge in [-0.05, 0) is 67.6 Å². The van der Waals surface area contributed by atoms with E-state index in [9.17, 15) is 14.4 Å². The zero-order valence-electron chi connectivity index (χ0n) is 21.6. The fourth-order valence-electron chi connectivity index (χ4n) is 3.63. The Kier molecular flexibility index (Phi) is 9.89. The fourth-order valence-corrected chi connectivity index (χ4v) is 5.30. The highest BCUT2D eigenvalue weighted by atomic mass is 32.2. The van der Waals surface area contributed by atoms with Gasteiger partial charge in [0.05, 0.1) is 0 Å². The zero-order chi connectivity index (χ0) is 27.6. The van der Waals surface area contributed by atoms with Crippen LogP contribution in [0.1, 0.15) is 45.2 Å². The van der Waals surface area contributed by atoms with Gasteiger partial charge in [-0.15, -0.1) is 11.8 Å². The molecule has 0 N–H and O–H groups in total. The van der Waals surface area contributed by atoms with Crippen LogP contribution >= 0.6 is 23.5 Å². The summed E-state index contributed by atoms with van der Waals surface area (Å²) in [7, 11) is 0. The predicted octanol–water partition coefficient (Wildman–Crippen LogP) is 7.66. The van der Waals surface area contributed by atoms with Crippen molar-refractivity contribution in [3.05, 3.63) is 125 Å². The van der Waals surface area contributed by atoms with Gasteiger partial charge in [0.15, 0.2) is 5.78 Å². The van der Waals surface area contributed by atoms with Crippen molar-refractivity contribution >= 4 is 46.8 Å². The number of ketones is 2. The van der Waals surface area contributed by atoms with Gasteiger partial charge >= 0.3 is 5.97 Å². The molecular weight excluding hydrogens is 526 g/mol. The first-order valence-electron chi connectivity index (χ1n) is 12.4. The summed E-state index contributed by atoms with van der Waals surface area (Å²) in [4.78, 5) is 44.9. The molecule has 4 aromatic carbocycles. The van der Waals surface area contributed by atoms with E-state index < -0.39 is 5.97 Å². The van der Waals surface area contributed by atoms with Crippen LogP contribution in [0.2, 0.25) is 0 Å². The first kappa shape index (κ1) is 28.1. The Morgan fingerprint density at radius 3 is 1.82 bits per heavy atom. The van der Waals surface area contributed by atoms with Crippen LogP contribution in [-0.4, -0.2) is 29.0 Å². The van der Waals surface area contributed by atoms with Crippen LogP contribution in [0.4, 0.5) is 0 Å². The van der Waals surface area contributed by atoms with Crippen molar-refractivity contribution in [1.29, 1.82) is 0 Å². The molecule has 0 aliphatic carbocycles. The number of rotatable bonds is 11. The van der Waals surface area contributed by atoms with E-state index in [2.05, 4.69) is 5.16 Å². The molecule has 196 valence electrons. The van der Waals surface area contributed by atoms with Crippen LogP contribution in [0.15, 0.2) is 123 Å². The van der Waals surface area contributed by atoms with Gasteiger partial charge in [-0.3, -0.25) is 9.59 Å². The Morgan fingerprint density at radius 1 is 0.692 bits per heavy atom. The minimum Gasteiger partial charge on any atom is -0.318 e. The van der Waals surface area contributed by atoms with E-state index in [1.54, 1.807) is 36.0 Å². The highest BCUT2D eigenvalue weighted by Gasteiger charge is 2.16. The van der Waals surface area contributed by atoms with Crippen LogP contribution in [0.5, 0.6) is 0 Å². The van der Waals surface area contributed by atoms with Crippen LogP contribution in [0, 0.1) is 6.92 Å². The standard InChI is InChI=1S/C32H27NO4S2/c1-22-8-14-27(15-9-22)38-21-20-30(33-37-23(2)34)32(36)26-12-18-29(19-13-26)39-28-16-10-25(11-17-28)31(35)24-6-4-3-5-7-24/h3-19H,20-21H2,1-2H3. The van der Waals surface area contributed by atoms with Crippen molar-refractivity contribution < 1.29 is 19.2 Å². The average Bonchev–Trinajstić information content (AvgIpc) is 2.96. The number of carbonyl (C=O) groups excluding carboxylic acids is 3. The minimum absolute atomic E-state index is 0.0153. The summed E-state index contributed by atoms with van der Waals surface area (Å²) >= 11 is 3.15. The maximum Gasteiger partial charge on any atom is 0.331 e. The number of aryl methyl sites for hydroxylation is 1. The second kappa shape index (κ2) is 13.7. The summed E-state index contributed by atoms with van der Waals surface area (Å²) in [5.74, 6) is -0.250. The molecule has 0 radical (unpaired) electrons. The molecule has 0 amide bonds. The Balaban J connectivity index is 1.39. The summed E-state index contributed by atoms with van der Waals surface area (Å²) in [5.41, 5.74) is 3.14. The van der Waals surface area contributed by atoms with Crippen molar-refractivity contribution in [3.63, 3.8) is 0 Å². The van der Waals surface area contributed by atoms with Crippen LogP contribution < -0.4 is 0 Å². The first-order valence-corrected chi connectivity index (χ1v) is 14.2. The second-order valence-electron chi connectivity index (χ2n) is 8.71. The maximum atomic E-state index is 13.2. The number of carbonyl (C=O) groups is 3. The van der Waals surface area contributed by atoms with Gasteiger partial charge in [0.2, 0.25) is 5.78 Å². The number of benzene rings is 4. The van der Waals surface area contributed by atoms with Gasteiger partial charge in [0.25, 0.3) is 0 Å². The number of thioether (sulfide) groups is 1. The Morgan fingerprint density at radius 2 is 1.23 bits per heavy atom. The van der Waals surface area contributed by atoms with Crippen LogP contribution in [0.3, 0.4) is 0 Å². The summed E-state index contributed by atoms with van der Waals surface area (Å²) in [6.07, 6.45) is 0.356. The molecule has 4 rings (SSSR count). The van der Waals surface area contributed by atoms with E-state index in [0.717, 1.165) is 14.7 Å². The lowest BCUT2D eigenvalue weighted by Crippen LogP contribution is -2.16. The number of nitrogens with zero attached hydrogens (tertiary/aromatic N) is 1. The molecule has 0 saturated carbocycles. The molecule has 5 nitrogen and oxygen atoms in total. The molecule has 0 saturated heterocycles. The zero-order valence-corrected chi connectivity index (χ0v) is 23.3. The molecule has 0 aliphatic heterocycles. The third kappa shape index (κ3) is 8.27. The molecule has 0 heterocycles. The maximum absolute atomic E-state index is 13.2. The van der Waals surface area contributed by atoms with E-state index in [4.69, 9.17) is 4.84 Å². The highest BCUT2D eigenvalue weighted by Crippen LogP contribution is 2.29. The third-order valence-electron chi connectivity index (χ3n) is 5.68. The molecule has 0 spiro atoms. The van der Waals surface area contributed by atoms with Gasteiger partial charge < -0.3 is 4.84 Å². The monoisotopic (exact) mass is 553 g/mol. The Labute approximate surface area is 236 Å². The van der Waals surface area contributed by atoms with E-state index in [1.807, 2.05) is 85.8 Å². The van der Waals surface area contributed by atoms with Crippen molar-refractivity contribution in [2.45, 2.75) is 35.0 Å².